The lowest BCUT2D eigenvalue weighted by Gasteiger charge is -2.15. The van der Waals surface area contributed by atoms with Gasteiger partial charge in [-0.2, -0.15) is 18.2 Å². The zero-order chi connectivity index (χ0) is 23.6. The van der Waals surface area contributed by atoms with Gasteiger partial charge in [0.25, 0.3) is 5.89 Å². The average molecular weight is 451 g/mol. The molecule has 4 nitrogen and oxygen atoms in total. The molecular weight excluding hydrogens is 427 g/mol. The third-order valence-corrected chi connectivity index (χ3v) is 5.61. The molecule has 0 atom stereocenters. The van der Waals surface area contributed by atoms with Gasteiger partial charge in [0.15, 0.2) is 0 Å². The van der Waals surface area contributed by atoms with E-state index in [0.717, 1.165) is 35.8 Å². The molecular formula is C26H24F3N3O. The maximum Gasteiger partial charge on any atom is 0.417 e. The van der Waals surface area contributed by atoms with E-state index in [9.17, 15) is 13.2 Å². The second-order valence-corrected chi connectivity index (χ2v) is 8.03. The minimum absolute atomic E-state index is 0.0444. The molecule has 0 radical (unpaired) electrons. The smallest absolute Gasteiger partial charge is 0.334 e. The molecule has 0 saturated heterocycles. The molecule has 0 fully saturated rings. The first-order chi connectivity index (χ1) is 15.8. The van der Waals surface area contributed by atoms with Crippen molar-refractivity contribution in [1.29, 1.82) is 0 Å². The summed E-state index contributed by atoms with van der Waals surface area (Å²) in [6.45, 7) is 5.55. The highest BCUT2D eigenvalue weighted by molar-refractivity contribution is 5.74. The number of hydrogen-bond acceptors (Lipinski definition) is 4. The van der Waals surface area contributed by atoms with Crippen LogP contribution in [0.5, 0.6) is 0 Å². The van der Waals surface area contributed by atoms with Gasteiger partial charge in [-0.05, 0) is 61.0 Å². The highest BCUT2D eigenvalue weighted by Gasteiger charge is 2.34. The number of aromatic nitrogens is 2. The van der Waals surface area contributed by atoms with Crippen molar-refractivity contribution >= 4 is 0 Å². The van der Waals surface area contributed by atoms with Crippen LogP contribution in [-0.2, 0) is 12.7 Å². The van der Waals surface area contributed by atoms with Gasteiger partial charge < -0.3 is 9.42 Å². The SMILES string of the molecule is CCN(C)Cc1cccc(-c2noc(-c3ccc(-c4ccccc4C)c(C(F)(F)F)c3)n2)c1. The highest BCUT2D eigenvalue weighted by Crippen LogP contribution is 2.40. The van der Waals surface area contributed by atoms with Gasteiger partial charge in [0.1, 0.15) is 0 Å². The van der Waals surface area contributed by atoms with E-state index in [1.807, 2.05) is 31.3 Å². The van der Waals surface area contributed by atoms with E-state index in [2.05, 4.69) is 22.0 Å². The predicted octanol–water partition coefficient (Wildman–Crippen LogP) is 6.85. The van der Waals surface area contributed by atoms with Crippen molar-refractivity contribution < 1.29 is 17.7 Å². The predicted molar refractivity (Wildman–Crippen MR) is 122 cm³/mol. The molecule has 33 heavy (non-hydrogen) atoms. The Kier molecular flexibility index (Phi) is 6.33. The van der Waals surface area contributed by atoms with Crippen LogP contribution < -0.4 is 0 Å². The zero-order valence-electron chi connectivity index (χ0n) is 18.6. The van der Waals surface area contributed by atoms with Crippen LogP contribution in [0.1, 0.15) is 23.6 Å². The normalized spacial score (nSPS) is 11.8. The molecule has 1 heterocycles. The van der Waals surface area contributed by atoms with Crippen LogP contribution in [0.2, 0.25) is 0 Å². The summed E-state index contributed by atoms with van der Waals surface area (Å²) >= 11 is 0. The average Bonchev–Trinajstić information content (AvgIpc) is 3.29. The third-order valence-electron chi connectivity index (χ3n) is 5.61. The molecule has 170 valence electrons. The van der Waals surface area contributed by atoms with Crippen LogP contribution in [0.3, 0.4) is 0 Å². The fourth-order valence-electron chi connectivity index (χ4n) is 3.71. The van der Waals surface area contributed by atoms with Crippen LogP contribution in [0.4, 0.5) is 13.2 Å². The highest BCUT2D eigenvalue weighted by atomic mass is 19.4. The second-order valence-electron chi connectivity index (χ2n) is 8.03. The van der Waals surface area contributed by atoms with Gasteiger partial charge in [0, 0.05) is 17.7 Å². The molecule has 0 amide bonds. The number of aryl methyl sites for hydroxylation is 1. The summed E-state index contributed by atoms with van der Waals surface area (Å²) in [4.78, 5) is 6.54. The van der Waals surface area contributed by atoms with E-state index in [-0.39, 0.29) is 17.0 Å². The molecule has 0 aliphatic rings. The summed E-state index contributed by atoms with van der Waals surface area (Å²) in [7, 11) is 2.03. The maximum atomic E-state index is 13.9. The van der Waals surface area contributed by atoms with Crippen molar-refractivity contribution in [2.75, 3.05) is 13.6 Å². The number of alkyl halides is 3. The van der Waals surface area contributed by atoms with Crippen LogP contribution in [-0.4, -0.2) is 28.6 Å². The van der Waals surface area contributed by atoms with Gasteiger partial charge in [-0.1, -0.05) is 60.6 Å². The van der Waals surface area contributed by atoms with E-state index < -0.39 is 11.7 Å². The third kappa shape index (κ3) is 4.98. The molecule has 7 heteroatoms. The van der Waals surface area contributed by atoms with Crippen LogP contribution in [0.25, 0.3) is 34.0 Å². The van der Waals surface area contributed by atoms with Gasteiger partial charge in [-0.25, -0.2) is 0 Å². The molecule has 0 aliphatic heterocycles. The Labute approximate surface area is 190 Å². The molecule has 0 spiro atoms. The molecule has 1 aromatic heterocycles. The molecule has 0 bridgehead atoms. The molecule has 0 unspecified atom stereocenters. The van der Waals surface area contributed by atoms with Crippen molar-refractivity contribution in [2.24, 2.45) is 0 Å². The number of nitrogens with zero attached hydrogens (tertiary/aromatic N) is 3. The maximum absolute atomic E-state index is 13.9. The summed E-state index contributed by atoms with van der Waals surface area (Å²) in [6.07, 6.45) is -4.53. The van der Waals surface area contributed by atoms with Crippen molar-refractivity contribution in [2.45, 2.75) is 26.6 Å². The Morgan fingerprint density at radius 1 is 0.909 bits per heavy atom. The molecule has 0 saturated carbocycles. The molecule has 0 N–H and O–H groups in total. The van der Waals surface area contributed by atoms with Gasteiger partial charge in [-0.3, -0.25) is 0 Å². The topological polar surface area (TPSA) is 42.2 Å². The largest absolute Gasteiger partial charge is 0.417 e. The standard InChI is InChI=1S/C26H24F3N3O/c1-4-32(3)16-18-9-7-10-19(14-18)24-30-25(33-31-24)20-12-13-22(23(15-20)26(27,28)29)21-11-6-5-8-17(21)2/h5-15H,4,16H2,1-3H3. The second kappa shape index (κ2) is 9.19. The lowest BCUT2D eigenvalue weighted by molar-refractivity contribution is -0.137. The van der Waals surface area contributed by atoms with E-state index in [1.54, 1.807) is 37.3 Å². The summed E-state index contributed by atoms with van der Waals surface area (Å²) in [5, 5.41) is 4.01. The summed E-state index contributed by atoms with van der Waals surface area (Å²) in [5.74, 6) is 0.380. The number of hydrogen-bond donors (Lipinski definition) is 0. The molecule has 4 rings (SSSR count). The number of halogens is 3. The van der Waals surface area contributed by atoms with Crippen LogP contribution in [0.15, 0.2) is 71.3 Å². The lowest BCUT2D eigenvalue weighted by atomic mass is 9.94. The summed E-state index contributed by atoms with van der Waals surface area (Å²) < 4.78 is 47.2. The first-order valence-electron chi connectivity index (χ1n) is 10.7. The van der Waals surface area contributed by atoms with E-state index in [0.29, 0.717) is 11.4 Å². The number of benzene rings is 3. The van der Waals surface area contributed by atoms with E-state index in [1.165, 1.54) is 6.07 Å². The van der Waals surface area contributed by atoms with Gasteiger partial charge in [0.05, 0.1) is 5.56 Å². The zero-order valence-corrected chi connectivity index (χ0v) is 18.6. The summed E-state index contributed by atoms with van der Waals surface area (Å²) in [5.41, 5.74) is 2.75. The lowest BCUT2D eigenvalue weighted by Crippen LogP contribution is -2.16. The quantitative estimate of drug-likeness (QED) is 0.322. The first kappa shape index (κ1) is 22.7. The summed E-state index contributed by atoms with van der Waals surface area (Å²) in [6, 6.07) is 18.9. The van der Waals surface area contributed by atoms with Crippen LogP contribution in [0, 0.1) is 6.92 Å². The Morgan fingerprint density at radius 3 is 2.42 bits per heavy atom. The van der Waals surface area contributed by atoms with Crippen molar-refractivity contribution in [3.05, 3.63) is 83.4 Å². The minimum Gasteiger partial charge on any atom is -0.334 e. The van der Waals surface area contributed by atoms with Gasteiger partial charge in [0.2, 0.25) is 5.82 Å². The monoisotopic (exact) mass is 451 g/mol. The van der Waals surface area contributed by atoms with Crippen molar-refractivity contribution in [1.82, 2.24) is 15.0 Å². The first-order valence-corrected chi connectivity index (χ1v) is 10.7. The fraction of sp³-hybridized carbons (Fsp3) is 0.231. The fourth-order valence-corrected chi connectivity index (χ4v) is 3.71. The Bertz CT molecular complexity index is 1260. The molecule has 3 aromatic carbocycles. The van der Waals surface area contributed by atoms with Crippen molar-refractivity contribution in [3.8, 4) is 34.0 Å². The Balaban J connectivity index is 1.70. The number of rotatable bonds is 6. The van der Waals surface area contributed by atoms with E-state index >= 15 is 0 Å². The van der Waals surface area contributed by atoms with Gasteiger partial charge in [-0.15, -0.1) is 0 Å². The minimum atomic E-state index is -4.53. The van der Waals surface area contributed by atoms with Crippen molar-refractivity contribution in [3.63, 3.8) is 0 Å². The van der Waals surface area contributed by atoms with Crippen LogP contribution >= 0.6 is 0 Å². The molecule has 0 aliphatic carbocycles. The van der Waals surface area contributed by atoms with Gasteiger partial charge >= 0.3 is 6.18 Å². The molecule has 4 aromatic rings. The Hall–Kier alpha value is -3.45. The van der Waals surface area contributed by atoms with E-state index in [4.69, 9.17) is 4.52 Å². The Morgan fingerprint density at radius 2 is 1.70 bits per heavy atom.